The van der Waals surface area contributed by atoms with Gasteiger partial charge in [-0.1, -0.05) is 18.2 Å². The normalized spacial score (nSPS) is 26.1. The third kappa shape index (κ3) is 1.29. The van der Waals surface area contributed by atoms with Gasteiger partial charge in [0.1, 0.15) is 5.75 Å². The molecule has 0 bridgehead atoms. The van der Waals surface area contributed by atoms with Gasteiger partial charge in [-0.05, 0) is 11.6 Å². The van der Waals surface area contributed by atoms with Crippen molar-refractivity contribution >= 4 is 0 Å². The second kappa shape index (κ2) is 3.26. The number of hydrogen-bond acceptors (Lipinski definition) is 3. The van der Waals surface area contributed by atoms with Gasteiger partial charge in [0.05, 0.1) is 13.2 Å². The fourth-order valence-electron chi connectivity index (χ4n) is 1.95. The molecule has 0 amide bonds. The predicted molar refractivity (Wildman–Crippen MR) is 50.3 cm³/mol. The van der Waals surface area contributed by atoms with E-state index < -0.39 is 0 Å². The van der Waals surface area contributed by atoms with Crippen molar-refractivity contribution in [3.8, 4) is 5.75 Å². The monoisotopic (exact) mass is 192 g/mol. The van der Waals surface area contributed by atoms with Crippen LogP contribution in [0.1, 0.15) is 5.56 Å². The molecule has 3 nitrogen and oxygen atoms in total. The maximum atomic E-state index is 5.74. The Bertz CT molecular complexity index is 306. The van der Waals surface area contributed by atoms with Crippen LogP contribution >= 0.6 is 0 Å². The van der Waals surface area contributed by atoms with Crippen molar-refractivity contribution < 1.29 is 14.2 Å². The van der Waals surface area contributed by atoms with Crippen molar-refractivity contribution in [2.75, 3.05) is 13.2 Å². The Morgan fingerprint density at radius 1 is 1.07 bits per heavy atom. The first kappa shape index (κ1) is 8.26. The molecule has 2 aliphatic rings. The summed E-state index contributed by atoms with van der Waals surface area (Å²) in [6.07, 6.45) is 0.748. The zero-order valence-electron chi connectivity index (χ0n) is 7.81. The molecule has 0 saturated carbocycles. The second-order valence-electron chi connectivity index (χ2n) is 3.58. The summed E-state index contributed by atoms with van der Waals surface area (Å²) in [5.74, 6) is 0.969. The van der Waals surface area contributed by atoms with Gasteiger partial charge < -0.3 is 14.2 Å². The van der Waals surface area contributed by atoms with Gasteiger partial charge in [-0.25, -0.2) is 0 Å². The van der Waals surface area contributed by atoms with Gasteiger partial charge in [0.2, 0.25) is 0 Å². The number of hydrogen-bond donors (Lipinski definition) is 0. The summed E-state index contributed by atoms with van der Waals surface area (Å²) in [4.78, 5) is 0. The minimum atomic E-state index is -0.178. The molecule has 1 aromatic rings. The van der Waals surface area contributed by atoms with Crippen molar-refractivity contribution in [2.24, 2.45) is 0 Å². The zero-order valence-corrected chi connectivity index (χ0v) is 7.81. The summed E-state index contributed by atoms with van der Waals surface area (Å²) in [5.41, 5.74) is 1.25. The predicted octanol–water partition coefficient (Wildman–Crippen LogP) is 1.36. The number of ether oxygens (including phenoxy) is 3. The average molecular weight is 192 g/mol. The standard InChI is InChI=1S/C11H12O3/c1-2-4-9-8(3-1)7-10(14-9)11-12-5-6-13-11/h1-4,10-11H,5-7H2. The molecular formula is C11H12O3. The lowest BCUT2D eigenvalue weighted by Gasteiger charge is -2.16. The Morgan fingerprint density at radius 2 is 1.86 bits per heavy atom. The molecule has 1 atom stereocenters. The van der Waals surface area contributed by atoms with Crippen LogP contribution in [-0.2, 0) is 15.9 Å². The second-order valence-corrected chi connectivity index (χ2v) is 3.58. The molecule has 0 N–H and O–H groups in total. The smallest absolute Gasteiger partial charge is 0.195 e. The van der Waals surface area contributed by atoms with E-state index in [4.69, 9.17) is 14.2 Å². The van der Waals surface area contributed by atoms with E-state index in [-0.39, 0.29) is 12.4 Å². The molecule has 1 aromatic carbocycles. The molecular weight excluding hydrogens is 180 g/mol. The van der Waals surface area contributed by atoms with Crippen LogP contribution in [-0.4, -0.2) is 25.6 Å². The minimum Gasteiger partial charge on any atom is -0.484 e. The van der Waals surface area contributed by atoms with Crippen LogP contribution in [0.4, 0.5) is 0 Å². The highest BCUT2D eigenvalue weighted by Gasteiger charge is 2.33. The van der Waals surface area contributed by atoms with Gasteiger partial charge in [-0.2, -0.15) is 0 Å². The van der Waals surface area contributed by atoms with Crippen LogP contribution in [0.25, 0.3) is 0 Å². The molecule has 0 aromatic heterocycles. The van der Waals surface area contributed by atoms with Crippen LogP contribution in [0.5, 0.6) is 5.75 Å². The molecule has 14 heavy (non-hydrogen) atoms. The van der Waals surface area contributed by atoms with Gasteiger partial charge in [-0.3, -0.25) is 0 Å². The highest BCUT2D eigenvalue weighted by molar-refractivity contribution is 5.37. The van der Waals surface area contributed by atoms with Crippen LogP contribution in [0.15, 0.2) is 24.3 Å². The number of para-hydroxylation sites is 1. The van der Waals surface area contributed by atoms with E-state index in [1.54, 1.807) is 0 Å². The first-order chi connectivity index (χ1) is 6.93. The van der Waals surface area contributed by atoms with Crippen LogP contribution in [0.2, 0.25) is 0 Å². The van der Waals surface area contributed by atoms with Gasteiger partial charge >= 0.3 is 0 Å². The van der Waals surface area contributed by atoms with Crippen molar-refractivity contribution in [1.29, 1.82) is 0 Å². The van der Waals surface area contributed by atoms with Crippen molar-refractivity contribution in [3.05, 3.63) is 29.8 Å². The number of benzene rings is 1. The molecule has 74 valence electrons. The molecule has 1 fully saturated rings. The third-order valence-corrected chi connectivity index (χ3v) is 2.62. The summed E-state index contributed by atoms with van der Waals surface area (Å²) in [5, 5.41) is 0. The Balaban J connectivity index is 1.77. The Labute approximate surface area is 82.6 Å². The highest BCUT2D eigenvalue weighted by Crippen LogP contribution is 2.31. The van der Waals surface area contributed by atoms with Crippen LogP contribution in [0.3, 0.4) is 0 Å². The maximum absolute atomic E-state index is 5.74. The SMILES string of the molecule is c1ccc2c(c1)CC(C1OCCO1)O2. The van der Waals surface area contributed by atoms with E-state index in [9.17, 15) is 0 Å². The van der Waals surface area contributed by atoms with Crippen LogP contribution < -0.4 is 4.74 Å². The molecule has 0 spiro atoms. The summed E-state index contributed by atoms with van der Waals surface area (Å²) in [6.45, 7) is 1.36. The fourth-order valence-corrected chi connectivity index (χ4v) is 1.95. The van der Waals surface area contributed by atoms with E-state index in [0.29, 0.717) is 13.2 Å². The molecule has 2 heterocycles. The molecule has 1 saturated heterocycles. The lowest BCUT2D eigenvalue weighted by atomic mass is 10.1. The quantitative estimate of drug-likeness (QED) is 0.672. The van der Waals surface area contributed by atoms with E-state index in [2.05, 4.69) is 6.07 Å². The van der Waals surface area contributed by atoms with Crippen LogP contribution in [0, 0.1) is 0 Å². The van der Waals surface area contributed by atoms with E-state index in [0.717, 1.165) is 12.2 Å². The topological polar surface area (TPSA) is 27.7 Å². The summed E-state index contributed by atoms with van der Waals surface area (Å²) >= 11 is 0. The summed E-state index contributed by atoms with van der Waals surface area (Å²) in [7, 11) is 0. The lowest BCUT2D eigenvalue weighted by molar-refractivity contribution is -0.104. The molecule has 0 aliphatic carbocycles. The first-order valence-corrected chi connectivity index (χ1v) is 4.91. The highest BCUT2D eigenvalue weighted by atomic mass is 16.7. The first-order valence-electron chi connectivity index (χ1n) is 4.91. The molecule has 3 heteroatoms. The van der Waals surface area contributed by atoms with E-state index in [1.807, 2.05) is 18.2 Å². The van der Waals surface area contributed by atoms with Gasteiger partial charge in [0.15, 0.2) is 12.4 Å². The van der Waals surface area contributed by atoms with Crippen molar-refractivity contribution in [3.63, 3.8) is 0 Å². The van der Waals surface area contributed by atoms with E-state index in [1.165, 1.54) is 5.56 Å². The van der Waals surface area contributed by atoms with E-state index >= 15 is 0 Å². The van der Waals surface area contributed by atoms with Crippen molar-refractivity contribution in [2.45, 2.75) is 18.8 Å². The van der Waals surface area contributed by atoms with Gasteiger partial charge in [0.25, 0.3) is 0 Å². The third-order valence-electron chi connectivity index (χ3n) is 2.62. The maximum Gasteiger partial charge on any atom is 0.195 e. The fraction of sp³-hybridized carbons (Fsp3) is 0.455. The summed E-state index contributed by atoms with van der Waals surface area (Å²) in [6, 6.07) is 8.09. The number of rotatable bonds is 1. The van der Waals surface area contributed by atoms with Gasteiger partial charge in [0, 0.05) is 6.42 Å². The Kier molecular flexibility index (Phi) is 1.92. The molecule has 1 unspecified atom stereocenters. The Morgan fingerprint density at radius 3 is 2.64 bits per heavy atom. The molecule has 0 radical (unpaired) electrons. The minimum absolute atomic E-state index is 0.0369. The van der Waals surface area contributed by atoms with Gasteiger partial charge in [-0.15, -0.1) is 0 Å². The van der Waals surface area contributed by atoms with Crippen molar-refractivity contribution in [1.82, 2.24) is 0 Å². The largest absolute Gasteiger partial charge is 0.484 e. The molecule has 3 rings (SSSR count). The molecule has 2 aliphatic heterocycles. The number of fused-ring (bicyclic) bond motifs is 1. The Hall–Kier alpha value is -1.06. The average Bonchev–Trinajstić information content (AvgIpc) is 2.86. The lowest BCUT2D eigenvalue weighted by Crippen LogP contribution is -2.30. The zero-order chi connectivity index (χ0) is 9.38. The summed E-state index contributed by atoms with van der Waals surface area (Å²) < 4.78 is 16.6.